The Balaban J connectivity index is 1.25. The van der Waals surface area contributed by atoms with Crippen LogP contribution in [0.4, 0.5) is 0 Å². The third-order valence-electron chi connectivity index (χ3n) is 4.36. The van der Waals surface area contributed by atoms with E-state index in [1.54, 1.807) is 17.5 Å². The van der Waals surface area contributed by atoms with Gasteiger partial charge in [0.25, 0.3) is 0 Å². The molecule has 1 amide bonds. The molecule has 0 radical (unpaired) electrons. The van der Waals surface area contributed by atoms with E-state index >= 15 is 0 Å². The molecule has 0 saturated carbocycles. The second-order valence-corrected chi connectivity index (χ2v) is 7.10. The van der Waals surface area contributed by atoms with Gasteiger partial charge in [-0.3, -0.25) is 9.78 Å². The minimum atomic E-state index is -0.235. The number of pyridine rings is 1. The molecule has 0 spiro atoms. The van der Waals surface area contributed by atoms with Crippen molar-refractivity contribution < 1.29 is 9.53 Å². The van der Waals surface area contributed by atoms with Crippen molar-refractivity contribution >= 4 is 28.1 Å². The number of hydrogen-bond donors (Lipinski definition) is 3. The van der Waals surface area contributed by atoms with Crippen molar-refractivity contribution in [3.63, 3.8) is 0 Å². The molecule has 1 fully saturated rings. The molecule has 0 bridgehead atoms. The van der Waals surface area contributed by atoms with Crippen LogP contribution in [0, 0.1) is 0 Å². The van der Waals surface area contributed by atoms with Gasteiger partial charge in [-0.2, -0.15) is 0 Å². The first kappa shape index (κ1) is 17.0. The summed E-state index contributed by atoms with van der Waals surface area (Å²) in [5.74, 6) is 0.715. The minimum absolute atomic E-state index is 0.0174. The molecular weight excluding hydrogens is 348 g/mol. The van der Waals surface area contributed by atoms with E-state index in [1.165, 1.54) is 4.88 Å². The number of rotatable bonds is 6. The van der Waals surface area contributed by atoms with Crippen LogP contribution in [-0.2, 0) is 4.79 Å². The Kier molecular flexibility index (Phi) is 5.10. The number of ether oxygens (including phenoxy) is 1. The van der Waals surface area contributed by atoms with E-state index in [0.29, 0.717) is 13.2 Å². The molecule has 3 N–H and O–H groups in total. The lowest BCUT2D eigenvalue weighted by Crippen LogP contribution is -2.44. The zero-order valence-electron chi connectivity index (χ0n) is 14.1. The Morgan fingerprint density at radius 2 is 2.15 bits per heavy atom. The predicted octanol–water partition coefficient (Wildman–Crippen LogP) is 2.40. The second-order valence-electron chi connectivity index (χ2n) is 6.12. The lowest BCUT2D eigenvalue weighted by atomic mass is 10.1. The number of benzene rings is 1. The van der Waals surface area contributed by atoms with Gasteiger partial charge in [0.2, 0.25) is 5.91 Å². The van der Waals surface area contributed by atoms with Gasteiger partial charge in [-0.15, -0.1) is 11.3 Å². The highest BCUT2D eigenvalue weighted by Crippen LogP contribution is 2.26. The number of carbonyl (C=O) groups excluding carboxylic acids is 1. The van der Waals surface area contributed by atoms with Crippen LogP contribution in [0.25, 0.3) is 10.9 Å². The monoisotopic (exact) mass is 368 g/mol. The predicted molar refractivity (Wildman–Crippen MR) is 102 cm³/mol. The van der Waals surface area contributed by atoms with Crippen molar-refractivity contribution in [3.05, 3.63) is 58.9 Å². The zero-order chi connectivity index (χ0) is 17.8. The third-order valence-corrected chi connectivity index (χ3v) is 5.35. The van der Waals surface area contributed by atoms with Gasteiger partial charge in [-0.25, -0.2) is 10.9 Å². The number of amides is 1. The molecule has 4 rings (SSSR count). The highest BCUT2D eigenvalue weighted by Gasteiger charge is 2.30. The molecule has 26 heavy (non-hydrogen) atoms. The van der Waals surface area contributed by atoms with E-state index in [1.807, 2.05) is 41.8 Å². The minimum Gasteiger partial charge on any atom is -0.489 e. The van der Waals surface area contributed by atoms with Gasteiger partial charge in [0.1, 0.15) is 23.9 Å². The number of nitrogens with one attached hydrogen (secondary N) is 3. The van der Waals surface area contributed by atoms with Crippen molar-refractivity contribution in [3.8, 4) is 5.75 Å². The maximum atomic E-state index is 12.3. The first-order valence-electron chi connectivity index (χ1n) is 8.60. The number of fused-ring (bicyclic) bond motifs is 1. The average Bonchev–Trinajstić information content (AvgIpc) is 3.36. The molecule has 1 aromatic carbocycles. The molecule has 2 aromatic heterocycles. The Hall–Kier alpha value is -2.48. The molecule has 2 unspecified atom stereocenters. The molecule has 2 atom stereocenters. The van der Waals surface area contributed by atoms with Crippen molar-refractivity contribution in [1.29, 1.82) is 0 Å². The number of nitrogens with zero attached hydrogens (tertiary/aromatic N) is 1. The summed E-state index contributed by atoms with van der Waals surface area (Å²) in [4.78, 5) is 17.9. The van der Waals surface area contributed by atoms with Crippen LogP contribution < -0.4 is 20.9 Å². The van der Waals surface area contributed by atoms with Gasteiger partial charge in [-0.05, 0) is 30.0 Å². The SMILES string of the molecule is O=C(NCCOc1cccc2cccnc12)C1CC(c2cccs2)NN1. The van der Waals surface area contributed by atoms with Gasteiger partial charge in [0.05, 0.1) is 12.6 Å². The summed E-state index contributed by atoms with van der Waals surface area (Å²) in [6, 6.07) is 13.8. The summed E-state index contributed by atoms with van der Waals surface area (Å²) < 4.78 is 5.80. The highest BCUT2D eigenvalue weighted by molar-refractivity contribution is 7.10. The lowest BCUT2D eigenvalue weighted by Gasteiger charge is -2.12. The number of thiophene rings is 1. The first-order chi connectivity index (χ1) is 12.8. The summed E-state index contributed by atoms with van der Waals surface area (Å²) in [5, 5.41) is 6.01. The van der Waals surface area contributed by atoms with Crippen LogP contribution >= 0.6 is 11.3 Å². The van der Waals surface area contributed by atoms with Crippen LogP contribution in [0.3, 0.4) is 0 Å². The normalized spacial score (nSPS) is 19.5. The molecule has 1 aliphatic heterocycles. The van der Waals surface area contributed by atoms with E-state index < -0.39 is 0 Å². The maximum Gasteiger partial charge on any atom is 0.238 e. The summed E-state index contributed by atoms with van der Waals surface area (Å²) in [7, 11) is 0. The van der Waals surface area contributed by atoms with E-state index in [-0.39, 0.29) is 18.0 Å². The third kappa shape index (κ3) is 3.70. The molecule has 134 valence electrons. The van der Waals surface area contributed by atoms with Crippen LogP contribution in [0.15, 0.2) is 54.0 Å². The fourth-order valence-corrected chi connectivity index (χ4v) is 3.85. The van der Waals surface area contributed by atoms with Gasteiger partial charge >= 0.3 is 0 Å². The smallest absolute Gasteiger partial charge is 0.238 e. The van der Waals surface area contributed by atoms with Crippen molar-refractivity contribution in [2.75, 3.05) is 13.2 Å². The van der Waals surface area contributed by atoms with Crippen LogP contribution in [0.2, 0.25) is 0 Å². The number of aromatic nitrogens is 1. The fraction of sp³-hybridized carbons (Fsp3) is 0.263. The standard InChI is InChI=1S/C19H20N4O2S/c24-19(15-12-14(22-23-15)17-7-3-11-26-17)21-9-10-25-16-6-1-4-13-5-2-8-20-18(13)16/h1-8,11,14-15,22-23H,9-10,12H2,(H,21,24). The summed E-state index contributed by atoms with van der Waals surface area (Å²) >= 11 is 1.69. The number of carbonyl (C=O) groups is 1. The van der Waals surface area contributed by atoms with Crippen LogP contribution in [0.5, 0.6) is 5.75 Å². The van der Waals surface area contributed by atoms with E-state index in [0.717, 1.165) is 23.1 Å². The van der Waals surface area contributed by atoms with Gasteiger partial charge in [0.15, 0.2) is 0 Å². The van der Waals surface area contributed by atoms with Crippen LogP contribution in [0.1, 0.15) is 17.3 Å². The van der Waals surface area contributed by atoms with E-state index in [4.69, 9.17) is 4.74 Å². The summed E-state index contributed by atoms with van der Waals surface area (Å²) in [5.41, 5.74) is 7.09. The van der Waals surface area contributed by atoms with Crippen molar-refractivity contribution in [2.24, 2.45) is 0 Å². The Labute approximate surface area is 155 Å². The van der Waals surface area contributed by atoms with Crippen molar-refractivity contribution in [2.45, 2.75) is 18.5 Å². The molecule has 0 aliphatic carbocycles. The fourth-order valence-electron chi connectivity index (χ4n) is 3.06. The van der Waals surface area contributed by atoms with E-state index in [9.17, 15) is 4.79 Å². The topological polar surface area (TPSA) is 75.3 Å². The Bertz CT molecular complexity index is 879. The quantitative estimate of drug-likeness (QED) is 0.583. The molecule has 7 heteroatoms. The number of para-hydroxylation sites is 1. The average molecular weight is 368 g/mol. The van der Waals surface area contributed by atoms with Gasteiger partial charge in [-0.1, -0.05) is 24.3 Å². The first-order valence-corrected chi connectivity index (χ1v) is 9.48. The molecule has 3 heterocycles. The summed E-state index contributed by atoms with van der Waals surface area (Å²) in [6.45, 7) is 0.847. The number of hydrazine groups is 1. The molecule has 1 saturated heterocycles. The van der Waals surface area contributed by atoms with Gasteiger partial charge in [0, 0.05) is 16.5 Å². The second kappa shape index (κ2) is 7.82. The highest BCUT2D eigenvalue weighted by atomic mass is 32.1. The van der Waals surface area contributed by atoms with Gasteiger partial charge < -0.3 is 10.1 Å². The summed E-state index contributed by atoms with van der Waals surface area (Å²) in [6.07, 6.45) is 2.49. The maximum absolute atomic E-state index is 12.3. The number of hydrogen-bond acceptors (Lipinski definition) is 6. The molecule has 6 nitrogen and oxygen atoms in total. The molecule has 1 aliphatic rings. The zero-order valence-corrected chi connectivity index (χ0v) is 15.0. The molecular formula is C19H20N4O2S. The lowest BCUT2D eigenvalue weighted by molar-refractivity contribution is -0.123. The van der Waals surface area contributed by atoms with Crippen molar-refractivity contribution in [1.82, 2.24) is 21.2 Å². The molecule has 3 aromatic rings. The van der Waals surface area contributed by atoms with Crippen LogP contribution in [-0.4, -0.2) is 30.1 Å². The van der Waals surface area contributed by atoms with E-state index in [2.05, 4.69) is 27.2 Å². The largest absolute Gasteiger partial charge is 0.489 e. The Morgan fingerprint density at radius 1 is 1.23 bits per heavy atom. The Morgan fingerprint density at radius 3 is 3.04 bits per heavy atom.